The molecule has 0 saturated heterocycles. The van der Waals surface area contributed by atoms with E-state index in [9.17, 15) is 9.59 Å². The molecule has 2 aromatic carbocycles. The summed E-state index contributed by atoms with van der Waals surface area (Å²) in [6.45, 7) is 0.225. The molecule has 1 aromatic heterocycles. The van der Waals surface area contributed by atoms with E-state index in [4.69, 9.17) is 14.2 Å². The molecule has 178 valence electrons. The Hall–Kier alpha value is -3.66. The summed E-state index contributed by atoms with van der Waals surface area (Å²) in [7, 11) is 3.20. The number of thioether (sulfide) groups is 1. The highest BCUT2D eigenvalue weighted by Crippen LogP contribution is 2.34. The first kappa shape index (κ1) is 23.5. The van der Waals surface area contributed by atoms with Crippen LogP contribution in [-0.4, -0.2) is 42.4 Å². The molecule has 2 amide bonds. The minimum absolute atomic E-state index is 0.00275. The minimum atomic E-state index is -0.324. The van der Waals surface area contributed by atoms with Crippen LogP contribution in [0.2, 0.25) is 0 Å². The third kappa shape index (κ3) is 5.82. The Bertz CT molecular complexity index is 1150. The van der Waals surface area contributed by atoms with Crippen LogP contribution in [0.1, 0.15) is 16.8 Å². The molecule has 0 saturated carbocycles. The van der Waals surface area contributed by atoms with Gasteiger partial charge in [-0.3, -0.25) is 9.59 Å². The lowest BCUT2D eigenvalue weighted by Gasteiger charge is -2.12. The largest absolute Gasteiger partial charge is 0.497 e. The number of nitrogens with zero attached hydrogens (tertiary/aromatic N) is 2. The Morgan fingerprint density at radius 3 is 2.26 bits per heavy atom. The zero-order valence-electron chi connectivity index (χ0n) is 19.0. The lowest BCUT2D eigenvalue weighted by atomic mass is 10.2. The van der Waals surface area contributed by atoms with E-state index in [1.807, 2.05) is 24.3 Å². The number of fused-ring (bicyclic) bond motifs is 1. The number of amides is 2. The van der Waals surface area contributed by atoms with Crippen LogP contribution >= 0.6 is 11.8 Å². The van der Waals surface area contributed by atoms with E-state index in [1.54, 1.807) is 54.9 Å². The van der Waals surface area contributed by atoms with Crippen molar-refractivity contribution in [2.45, 2.75) is 24.6 Å². The summed E-state index contributed by atoms with van der Waals surface area (Å²) in [6, 6.07) is 14.5. The third-order valence-electron chi connectivity index (χ3n) is 5.25. The van der Waals surface area contributed by atoms with Crippen LogP contribution in [0, 0.1) is 0 Å². The van der Waals surface area contributed by atoms with Gasteiger partial charge >= 0.3 is 0 Å². The summed E-state index contributed by atoms with van der Waals surface area (Å²) in [6.07, 6.45) is 0. The van der Waals surface area contributed by atoms with Crippen molar-refractivity contribution in [1.82, 2.24) is 15.1 Å². The summed E-state index contributed by atoms with van der Waals surface area (Å²) in [5, 5.41) is 10.3. The molecular weight excluding hydrogens is 456 g/mol. The second-order valence-electron chi connectivity index (χ2n) is 7.56. The summed E-state index contributed by atoms with van der Waals surface area (Å²) in [4.78, 5) is 25.2. The lowest BCUT2D eigenvalue weighted by molar-refractivity contribution is -0.122. The molecule has 34 heavy (non-hydrogen) atoms. The quantitative estimate of drug-likeness (QED) is 0.458. The van der Waals surface area contributed by atoms with Gasteiger partial charge in [-0.15, -0.1) is 0 Å². The average molecular weight is 483 g/mol. The molecule has 3 aromatic rings. The molecule has 2 heterocycles. The highest BCUT2D eigenvalue weighted by atomic mass is 32.2. The number of carbonyl (C=O) groups is 2. The molecule has 0 unspecified atom stereocenters. The fourth-order valence-corrected chi connectivity index (χ4v) is 4.48. The van der Waals surface area contributed by atoms with Crippen LogP contribution in [0.25, 0.3) is 0 Å². The summed E-state index contributed by atoms with van der Waals surface area (Å²) < 4.78 is 17.4. The number of methoxy groups -OCH3 is 2. The van der Waals surface area contributed by atoms with Gasteiger partial charge in [-0.2, -0.15) is 16.9 Å². The SMILES string of the molecule is COc1ccc(CNC(=O)Cn2nc3c(c2NC(=O)COc2ccc(OC)cc2)CSC3)cc1. The van der Waals surface area contributed by atoms with E-state index in [-0.39, 0.29) is 25.0 Å². The van der Waals surface area contributed by atoms with Crippen LogP contribution in [0.15, 0.2) is 48.5 Å². The number of anilines is 1. The molecule has 9 nitrogen and oxygen atoms in total. The molecule has 0 atom stereocenters. The Kier molecular flexibility index (Phi) is 7.58. The third-order valence-corrected chi connectivity index (χ3v) is 6.22. The molecular formula is C24H26N4O5S. The topological polar surface area (TPSA) is 104 Å². The van der Waals surface area contributed by atoms with Crippen LogP contribution < -0.4 is 24.8 Å². The standard InChI is InChI=1S/C24H26N4O5S/c1-31-17-5-3-16(4-6-17)11-25-22(29)12-28-24(20-14-34-15-21(20)27-28)26-23(30)13-33-19-9-7-18(32-2)8-10-19/h3-10H,11-15H2,1-2H3,(H,25,29)(H,26,30). The van der Waals surface area contributed by atoms with Crippen molar-refractivity contribution in [3.8, 4) is 17.2 Å². The summed E-state index contributed by atoms with van der Waals surface area (Å²) >= 11 is 1.72. The van der Waals surface area contributed by atoms with Gasteiger partial charge in [0, 0.05) is 23.6 Å². The number of ether oxygens (including phenoxy) is 3. The van der Waals surface area contributed by atoms with E-state index in [0.717, 1.165) is 34.1 Å². The van der Waals surface area contributed by atoms with E-state index < -0.39 is 0 Å². The molecule has 1 aliphatic rings. The smallest absolute Gasteiger partial charge is 0.263 e. The van der Waals surface area contributed by atoms with Crippen molar-refractivity contribution in [1.29, 1.82) is 0 Å². The monoisotopic (exact) mass is 482 g/mol. The highest BCUT2D eigenvalue weighted by Gasteiger charge is 2.25. The first-order valence-corrected chi connectivity index (χ1v) is 11.8. The highest BCUT2D eigenvalue weighted by molar-refractivity contribution is 7.98. The number of hydrogen-bond acceptors (Lipinski definition) is 7. The van der Waals surface area contributed by atoms with Gasteiger partial charge in [0.1, 0.15) is 29.6 Å². The predicted molar refractivity (Wildman–Crippen MR) is 129 cm³/mol. The van der Waals surface area contributed by atoms with E-state index in [1.165, 1.54) is 0 Å². The van der Waals surface area contributed by atoms with Crippen LogP contribution in [-0.2, 0) is 34.2 Å². The van der Waals surface area contributed by atoms with Crippen LogP contribution in [0.5, 0.6) is 17.2 Å². The second-order valence-corrected chi connectivity index (χ2v) is 8.55. The molecule has 0 bridgehead atoms. The number of rotatable bonds is 10. The molecule has 0 radical (unpaired) electrons. The van der Waals surface area contributed by atoms with Crippen molar-refractivity contribution in [2.75, 3.05) is 26.1 Å². The normalized spacial score (nSPS) is 12.1. The van der Waals surface area contributed by atoms with E-state index in [0.29, 0.717) is 23.9 Å². The van der Waals surface area contributed by atoms with Gasteiger partial charge in [0.05, 0.1) is 19.9 Å². The van der Waals surface area contributed by atoms with Gasteiger partial charge in [0.2, 0.25) is 5.91 Å². The van der Waals surface area contributed by atoms with Gasteiger partial charge < -0.3 is 24.8 Å². The number of nitrogens with one attached hydrogen (secondary N) is 2. The zero-order valence-corrected chi connectivity index (χ0v) is 19.8. The Morgan fingerprint density at radius 1 is 0.941 bits per heavy atom. The Balaban J connectivity index is 1.35. The van der Waals surface area contributed by atoms with Gasteiger partial charge in [0.15, 0.2) is 6.61 Å². The number of hydrogen-bond donors (Lipinski definition) is 2. The molecule has 0 fully saturated rings. The first-order valence-electron chi connectivity index (χ1n) is 10.7. The van der Waals surface area contributed by atoms with Gasteiger partial charge in [-0.05, 0) is 42.0 Å². The summed E-state index contributed by atoms with van der Waals surface area (Å²) in [5.74, 6) is 3.53. The average Bonchev–Trinajstić information content (AvgIpc) is 3.44. The van der Waals surface area contributed by atoms with Crippen molar-refractivity contribution in [2.24, 2.45) is 0 Å². The van der Waals surface area contributed by atoms with Gasteiger partial charge in [-0.25, -0.2) is 4.68 Å². The van der Waals surface area contributed by atoms with Gasteiger partial charge in [0.25, 0.3) is 5.91 Å². The van der Waals surface area contributed by atoms with Crippen molar-refractivity contribution >= 4 is 29.4 Å². The van der Waals surface area contributed by atoms with Crippen molar-refractivity contribution < 1.29 is 23.8 Å². The fraction of sp³-hybridized carbons (Fsp3) is 0.292. The predicted octanol–water partition coefficient (Wildman–Crippen LogP) is 2.98. The fourth-order valence-electron chi connectivity index (χ4n) is 3.45. The van der Waals surface area contributed by atoms with Crippen LogP contribution in [0.3, 0.4) is 0 Å². The number of carbonyl (C=O) groups excluding carboxylic acids is 2. The zero-order chi connectivity index (χ0) is 23.9. The number of benzene rings is 2. The molecule has 1 aliphatic heterocycles. The molecule has 10 heteroatoms. The Labute approximate surface area is 201 Å². The maximum atomic E-state index is 12.6. The van der Waals surface area contributed by atoms with E-state index in [2.05, 4.69) is 15.7 Å². The molecule has 0 spiro atoms. The maximum Gasteiger partial charge on any atom is 0.263 e. The second kappa shape index (κ2) is 11.0. The van der Waals surface area contributed by atoms with Crippen molar-refractivity contribution in [3.05, 3.63) is 65.4 Å². The Morgan fingerprint density at radius 2 is 1.59 bits per heavy atom. The summed E-state index contributed by atoms with van der Waals surface area (Å²) in [5.41, 5.74) is 2.79. The molecule has 0 aliphatic carbocycles. The van der Waals surface area contributed by atoms with Gasteiger partial charge in [-0.1, -0.05) is 12.1 Å². The first-order chi connectivity index (χ1) is 16.6. The maximum absolute atomic E-state index is 12.6. The molecule has 4 rings (SSSR count). The lowest BCUT2D eigenvalue weighted by Crippen LogP contribution is -2.29. The van der Waals surface area contributed by atoms with Crippen molar-refractivity contribution in [3.63, 3.8) is 0 Å². The molecule has 2 N–H and O–H groups in total. The van der Waals surface area contributed by atoms with E-state index >= 15 is 0 Å². The number of aromatic nitrogens is 2. The minimum Gasteiger partial charge on any atom is -0.497 e. The van der Waals surface area contributed by atoms with Crippen LogP contribution in [0.4, 0.5) is 5.82 Å².